The van der Waals surface area contributed by atoms with Gasteiger partial charge in [-0.15, -0.1) is 5.92 Å². The van der Waals surface area contributed by atoms with Gasteiger partial charge in [0.15, 0.2) is 0 Å². The summed E-state index contributed by atoms with van der Waals surface area (Å²) in [6.07, 6.45) is 15.7. The van der Waals surface area contributed by atoms with Crippen molar-refractivity contribution in [1.29, 1.82) is 0 Å². The van der Waals surface area contributed by atoms with Crippen LogP contribution in [0.15, 0.2) is 0 Å². The summed E-state index contributed by atoms with van der Waals surface area (Å²) >= 11 is 3.47. The van der Waals surface area contributed by atoms with Gasteiger partial charge in [-0.05, 0) is 19.3 Å². The molecule has 1 atom stereocenters. The third kappa shape index (κ3) is 16.1. The number of unbranched alkanes of at least 4 members (excludes halogenated alkanes) is 10. The molecule has 2 heteroatoms. The van der Waals surface area contributed by atoms with Crippen LogP contribution in [0.5, 0.6) is 0 Å². The van der Waals surface area contributed by atoms with Gasteiger partial charge in [0.25, 0.3) is 0 Å². The third-order valence-corrected chi connectivity index (χ3v) is 4.10. The Morgan fingerprint density at radius 1 is 0.850 bits per heavy atom. The molecule has 0 bridgehead atoms. The molecule has 0 aromatic heterocycles. The molecule has 0 unspecified atom stereocenters. The van der Waals surface area contributed by atoms with Crippen LogP contribution in [0.1, 0.15) is 90.4 Å². The molecule has 118 valence electrons. The van der Waals surface area contributed by atoms with Crippen LogP contribution in [0.3, 0.4) is 0 Å². The van der Waals surface area contributed by atoms with Gasteiger partial charge < -0.3 is 5.11 Å². The third-order valence-electron chi connectivity index (χ3n) is 3.54. The average molecular weight is 345 g/mol. The van der Waals surface area contributed by atoms with Crippen molar-refractivity contribution in [3.8, 4) is 11.8 Å². The monoisotopic (exact) mass is 344 g/mol. The maximum atomic E-state index is 9.57. The van der Waals surface area contributed by atoms with E-state index >= 15 is 0 Å². The second-order valence-corrected chi connectivity index (χ2v) is 6.39. The lowest BCUT2D eigenvalue weighted by atomic mass is 10.1. The van der Waals surface area contributed by atoms with Gasteiger partial charge in [0, 0.05) is 11.8 Å². The summed E-state index contributed by atoms with van der Waals surface area (Å²) in [7, 11) is 0. The molecule has 0 aliphatic carbocycles. The first kappa shape index (κ1) is 20.0. The molecule has 1 N–H and O–H groups in total. The summed E-state index contributed by atoms with van der Waals surface area (Å²) in [6.45, 7) is 2.14. The predicted molar refractivity (Wildman–Crippen MR) is 93.3 cm³/mol. The van der Waals surface area contributed by atoms with E-state index in [2.05, 4.69) is 34.7 Å². The van der Waals surface area contributed by atoms with E-state index in [1.165, 1.54) is 57.8 Å². The molecule has 0 spiro atoms. The number of alkyl halides is 1. The van der Waals surface area contributed by atoms with E-state index in [1.807, 2.05) is 0 Å². The fourth-order valence-electron chi connectivity index (χ4n) is 2.20. The first-order valence-electron chi connectivity index (χ1n) is 8.53. The lowest BCUT2D eigenvalue weighted by Gasteiger charge is -2.01. The van der Waals surface area contributed by atoms with Crippen LogP contribution in [-0.4, -0.2) is 16.5 Å². The Bertz CT molecular complexity index is 242. The van der Waals surface area contributed by atoms with Crippen LogP contribution >= 0.6 is 15.9 Å². The first-order chi connectivity index (χ1) is 9.81. The van der Waals surface area contributed by atoms with Crippen molar-refractivity contribution >= 4 is 15.9 Å². The number of halogens is 1. The van der Waals surface area contributed by atoms with Gasteiger partial charge in [-0.3, -0.25) is 0 Å². The van der Waals surface area contributed by atoms with Crippen molar-refractivity contribution in [2.75, 3.05) is 5.33 Å². The normalized spacial score (nSPS) is 11.9. The maximum absolute atomic E-state index is 9.57. The molecule has 20 heavy (non-hydrogen) atoms. The van der Waals surface area contributed by atoms with Gasteiger partial charge in [0.2, 0.25) is 0 Å². The number of rotatable bonds is 13. The summed E-state index contributed by atoms with van der Waals surface area (Å²) in [5.74, 6) is 6.06. The van der Waals surface area contributed by atoms with Crippen molar-refractivity contribution in [1.82, 2.24) is 0 Å². The highest BCUT2D eigenvalue weighted by Gasteiger charge is 1.96. The zero-order valence-electron chi connectivity index (χ0n) is 13.3. The number of hydrogen-bond acceptors (Lipinski definition) is 1. The van der Waals surface area contributed by atoms with E-state index in [-0.39, 0.29) is 0 Å². The number of aliphatic hydroxyl groups is 1. The lowest BCUT2D eigenvalue weighted by Crippen LogP contribution is -2.01. The molecule has 0 aliphatic rings. The summed E-state index contributed by atoms with van der Waals surface area (Å²) in [5, 5.41) is 10.7. The highest BCUT2D eigenvalue weighted by atomic mass is 79.9. The molecule has 0 amide bonds. The second kappa shape index (κ2) is 17.1. The van der Waals surface area contributed by atoms with Gasteiger partial charge in [-0.2, -0.15) is 0 Å². The van der Waals surface area contributed by atoms with Crippen LogP contribution < -0.4 is 0 Å². The van der Waals surface area contributed by atoms with Crippen molar-refractivity contribution in [3.63, 3.8) is 0 Å². The molecule has 0 aromatic carbocycles. The maximum Gasteiger partial charge on any atom is 0.114 e. The fourth-order valence-corrected chi connectivity index (χ4v) is 2.60. The lowest BCUT2D eigenvalue weighted by molar-refractivity contribution is 0.218. The highest BCUT2D eigenvalue weighted by Crippen LogP contribution is 2.10. The van der Waals surface area contributed by atoms with Crippen LogP contribution in [0, 0.1) is 11.8 Å². The van der Waals surface area contributed by atoms with E-state index in [0.29, 0.717) is 0 Å². The van der Waals surface area contributed by atoms with E-state index < -0.39 is 6.10 Å². The molecule has 0 aliphatic heterocycles. The minimum atomic E-state index is -0.394. The van der Waals surface area contributed by atoms with E-state index in [9.17, 15) is 5.11 Å². The molecule has 0 fully saturated rings. The Morgan fingerprint density at radius 2 is 1.40 bits per heavy atom. The van der Waals surface area contributed by atoms with Crippen LogP contribution in [0.4, 0.5) is 0 Å². The van der Waals surface area contributed by atoms with E-state index in [1.54, 1.807) is 0 Å². The molecule has 0 saturated heterocycles. The van der Waals surface area contributed by atoms with Crippen molar-refractivity contribution in [2.45, 2.75) is 96.5 Å². The molecule has 0 radical (unpaired) electrons. The summed E-state index contributed by atoms with van der Waals surface area (Å²) in [5.41, 5.74) is 0. The molecule has 0 saturated carbocycles. The van der Waals surface area contributed by atoms with Crippen molar-refractivity contribution in [3.05, 3.63) is 0 Å². The van der Waals surface area contributed by atoms with Gasteiger partial charge in [0.05, 0.1) is 0 Å². The Labute approximate surface area is 135 Å². The predicted octanol–water partition coefficient (Wildman–Crippen LogP) is 5.84. The molecular weight excluding hydrogens is 312 g/mol. The summed E-state index contributed by atoms with van der Waals surface area (Å²) in [6, 6.07) is 0. The minimum Gasteiger partial charge on any atom is -0.380 e. The SMILES string of the molecule is CCCC[C@@H](O)C#CCCCCCCCCCCCBr. The Hall–Kier alpha value is 0. The molecule has 0 rings (SSSR count). The van der Waals surface area contributed by atoms with Crippen LogP contribution in [-0.2, 0) is 0 Å². The van der Waals surface area contributed by atoms with Crippen molar-refractivity contribution in [2.24, 2.45) is 0 Å². The Balaban J connectivity index is 3.18. The highest BCUT2D eigenvalue weighted by molar-refractivity contribution is 9.09. The zero-order chi connectivity index (χ0) is 14.9. The largest absolute Gasteiger partial charge is 0.380 e. The van der Waals surface area contributed by atoms with Crippen LogP contribution in [0.25, 0.3) is 0 Å². The molecule has 0 heterocycles. The Morgan fingerprint density at radius 3 is 1.95 bits per heavy atom. The zero-order valence-corrected chi connectivity index (χ0v) is 14.9. The van der Waals surface area contributed by atoms with Gasteiger partial charge in [-0.1, -0.05) is 86.6 Å². The average Bonchev–Trinajstić information content (AvgIpc) is 2.46. The molecular formula is C18H33BrO. The minimum absolute atomic E-state index is 0.394. The molecule has 0 aromatic rings. The topological polar surface area (TPSA) is 20.2 Å². The Kier molecular flexibility index (Phi) is 17.1. The quantitative estimate of drug-likeness (QED) is 0.253. The summed E-state index contributed by atoms with van der Waals surface area (Å²) < 4.78 is 0. The fraction of sp³-hybridized carbons (Fsp3) is 0.889. The standard InChI is InChI=1S/C18H33BrO/c1-2-3-15-18(20)16-13-11-9-7-5-4-6-8-10-12-14-17-19/h18,20H,2-12,14-15,17H2,1H3/t18-/m1/s1. The first-order valence-corrected chi connectivity index (χ1v) is 9.65. The van der Waals surface area contributed by atoms with Crippen molar-refractivity contribution < 1.29 is 5.11 Å². The number of hydrogen-bond donors (Lipinski definition) is 1. The van der Waals surface area contributed by atoms with E-state index in [4.69, 9.17) is 0 Å². The molecule has 1 nitrogen and oxygen atoms in total. The van der Waals surface area contributed by atoms with E-state index in [0.717, 1.165) is 31.0 Å². The summed E-state index contributed by atoms with van der Waals surface area (Å²) in [4.78, 5) is 0. The van der Waals surface area contributed by atoms with Gasteiger partial charge >= 0.3 is 0 Å². The second-order valence-electron chi connectivity index (χ2n) is 5.60. The smallest absolute Gasteiger partial charge is 0.114 e. The number of aliphatic hydroxyl groups excluding tert-OH is 1. The van der Waals surface area contributed by atoms with Gasteiger partial charge in [-0.25, -0.2) is 0 Å². The van der Waals surface area contributed by atoms with Gasteiger partial charge in [0.1, 0.15) is 6.10 Å². The van der Waals surface area contributed by atoms with Crippen LogP contribution in [0.2, 0.25) is 0 Å².